The minimum Gasteiger partial charge on any atom is -0.393 e. The highest BCUT2D eigenvalue weighted by Gasteiger charge is 2.10. The maximum absolute atomic E-state index is 11.8. The summed E-state index contributed by atoms with van der Waals surface area (Å²) >= 11 is 4.74. The first kappa shape index (κ1) is 14.3. The molecule has 7 heteroatoms. The van der Waals surface area contributed by atoms with Gasteiger partial charge in [0.15, 0.2) is 0 Å². The Bertz CT molecular complexity index is 512. The van der Waals surface area contributed by atoms with Crippen molar-refractivity contribution in [2.45, 2.75) is 19.9 Å². The SMILES string of the molecule is Cc1cc(=O)n(CC(=O)N(C)CCC(N)=S)cn1. The molecule has 2 N–H and O–H groups in total. The molecule has 0 fully saturated rings. The number of hydrogen-bond acceptors (Lipinski definition) is 4. The van der Waals surface area contributed by atoms with Gasteiger partial charge in [-0.1, -0.05) is 12.2 Å². The second-order valence-electron chi connectivity index (χ2n) is 4.03. The highest BCUT2D eigenvalue weighted by Crippen LogP contribution is 1.93. The van der Waals surface area contributed by atoms with Gasteiger partial charge in [-0.2, -0.15) is 0 Å². The number of thiocarbonyl (C=S) groups is 1. The summed E-state index contributed by atoms with van der Waals surface area (Å²) in [6, 6.07) is 1.39. The van der Waals surface area contributed by atoms with Crippen molar-refractivity contribution in [3.8, 4) is 0 Å². The van der Waals surface area contributed by atoms with Crippen LogP contribution < -0.4 is 11.3 Å². The number of nitrogens with two attached hydrogens (primary N) is 1. The quantitative estimate of drug-likeness (QED) is 0.741. The zero-order valence-corrected chi connectivity index (χ0v) is 11.2. The third kappa shape index (κ3) is 4.25. The Morgan fingerprint density at radius 1 is 1.61 bits per heavy atom. The molecule has 0 bridgehead atoms. The lowest BCUT2D eigenvalue weighted by atomic mass is 10.4. The van der Waals surface area contributed by atoms with Crippen LogP contribution in [-0.4, -0.2) is 38.9 Å². The summed E-state index contributed by atoms with van der Waals surface area (Å²) in [6.07, 6.45) is 1.84. The number of aryl methyl sites for hydroxylation is 1. The number of carbonyl (C=O) groups is 1. The van der Waals surface area contributed by atoms with E-state index in [2.05, 4.69) is 4.98 Å². The first-order valence-corrected chi connectivity index (χ1v) is 5.86. The number of likely N-dealkylation sites (N-methyl/N-ethyl adjacent to an activating group) is 1. The molecule has 1 amide bonds. The molecule has 98 valence electrons. The lowest BCUT2D eigenvalue weighted by Crippen LogP contribution is -2.35. The fourth-order valence-electron chi connectivity index (χ4n) is 1.30. The van der Waals surface area contributed by atoms with Crippen LogP contribution in [0.4, 0.5) is 0 Å². The Hall–Kier alpha value is -1.76. The number of hydrogen-bond donors (Lipinski definition) is 1. The third-order valence-electron chi connectivity index (χ3n) is 2.44. The predicted octanol–water partition coefficient (Wildman–Crippen LogP) is -0.314. The molecule has 6 nitrogen and oxygen atoms in total. The van der Waals surface area contributed by atoms with Gasteiger partial charge in [-0.05, 0) is 6.92 Å². The lowest BCUT2D eigenvalue weighted by Gasteiger charge is -2.17. The van der Waals surface area contributed by atoms with Crippen molar-refractivity contribution in [2.24, 2.45) is 5.73 Å². The molecule has 1 aromatic heterocycles. The van der Waals surface area contributed by atoms with Crippen molar-refractivity contribution in [1.82, 2.24) is 14.5 Å². The van der Waals surface area contributed by atoms with Crippen molar-refractivity contribution in [3.63, 3.8) is 0 Å². The second-order valence-corrected chi connectivity index (χ2v) is 4.55. The standard InChI is InChI=1S/C11H16N4O2S/c1-8-5-10(16)15(7-13-8)6-11(17)14(2)4-3-9(12)18/h5,7H,3-4,6H2,1-2H3,(H2,12,18). The Balaban J connectivity index is 2.64. The van der Waals surface area contributed by atoms with E-state index in [0.29, 0.717) is 23.6 Å². The molecule has 0 unspecified atom stereocenters. The fraction of sp³-hybridized carbons (Fsp3) is 0.455. The lowest BCUT2D eigenvalue weighted by molar-refractivity contribution is -0.130. The normalized spacial score (nSPS) is 10.1. The molecule has 0 saturated carbocycles. The Morgan fingerprint density at radius 2 is 2.28 bits per heavy atom. The van der Waals surface area contributed by atoms with E-state index >= 15 is 0 Å². The summed E-state index contributed by atoms with van der Waals surface area (Å²) in [6.45, 7) is 2.14. The van der Waals surface area contributed by atoms with Crippen LogP contribution >= 0.6 is 12.2 Å². The van der Waals surface area contributed by atoms with Crippen molar-refractivity contribution < 1.29 is 4.79 Å². The summed E-state index contributed by atoms with van der Waals surface area (Å²) in [5, 5.41) is 0. The Labute approximate surface area is 110 Å². The molecule has 0 saturated heterocycles. The van der Waals surface area contributed by atoms with Crippen molar-refractivity contribution in [2.75, 3.05) is 13.6 Å². The number of amides is 1. The molecule has 0 aromatic carbocycles. The highest BCUT2D eigenvalue weighted by molar-refractivity contribution is 7.80. The van der Waals surface area contributed by atoms with E-state index in [1.165, 1.54) is 21.9 Å². The molecule has 0 aliphatic rings. The second kappa shape index (κ2) is 6.25. The summed E-state index contributed by atoms with van der Waals surface area (Å²) in [4.78, 5) is 29.2. The first-order valence-electron chi connectivity index (χ1n) is 5.45. The zero-order chi connectivity index (χ0) is 13.7. The first-order chi connectivity index (χ1) is 8.40. The maximum atomic E-state index is 11.8. The molecule has 0 radical (unpaired) electrons. The van der Waals surface area contributed by atoms with Crippen LogP contribution in [0.25, 0.3) is 0 Å². The molecular weight excluding hydrogens is 252 g/mol. The van der Waals surface area contributed by atoms with E-state index < -0.39 is 0 Å². The van der Waals surface area contributed by atoms with Gasteiger partial charge in [-0.3, -0.25) is 14.2 Å². The van der Waals surface area contributed by atoms with Gasteiger partial charge in [0.05, 0.1) is 11.3 Å². The van der Waals surface area contributed by atoms with Crippen molar-refractivity contribution in [1.29, 1.82) is 0 Å². The zero-order valence-electron chi connectivity index (χ0n) is 10.4. The molecule has 0 spiro atoms. The topological polar surface area (TPSA) is 81.2 Å². The third-order valence-corrected chi connectivity index (χ3v) is 2.65. The van der Waals surface area contributed by atoms with E-state index in [0.717, 1.165) is 0 Å². The van der Waals surface area contributed by atoms with Crippen LogP contribution in [0.2, 0.25) is 0 Å². The van der Waals surface area contributed by atoms with E-state index in [1.807, 2.05) is 0 Å². The van der Waals surface area contributed by atoms with Crippen LogP contribution in [0, 0.1) is 6.92 Å². The molecule has 1 aromatic rings. The summed E-state index contributed by atoms with van der Waals surface area (Å²) in [5.74, 6) is -0.181. The van der Waals surface area contributed by atoms with E-state index in [4.69, 9.17) is 18.0 Å². The molecule has 1 rings (SSSR count). The van der Waals surface area contributed by atoms with Gasteiger partial charge < -0.3 is 10.6 Å². The van der Waals surface area contributed by atoms with Crippen molar-refractivity contribution in [3.05, 3.63) is 28.4 Å². The predicted molar refractivity (Wildman–Crippen MR) is 72.3 cm³/mol. The number of carbonyl (C=O) groups excluding carboxylic acids is 1. The van der Waals surface area contributed by atoms with Gasteiger partial charge in [0.1, 0.15) is 6.54 Å². The molecular formula is C11H16N4O2S. The molecule has 0 aliphatic carbocycles. The minimum atomic E-state index is -0.237. The average molecular weight is 268 g/mol. The van der Waals surface area contributed by atoms with Crippen LogP contribution in [0.3, 0.4) is 0 Å². The van der Waals surface area contributed by atoms with E-state index in [9.17, 15) is 9.59 Å². The van der Waals surface area contributed by atoms with Gasteiger partial charge in [0, 0.05) is 31.8 Å². The van der Waals surface area contributed by atoms with Crippen LogP contribution in [0.1, 0.15) is 12.1 Å². The number of nitrogens with zero attached hydrogens (tertiary/aromatic N) is 3. The van der Waals surface area contributed by atoms with Gasteiger partial charge in [-0.15, -0.1) is 0 Å². The van der Waals surface area contributed by atoms with Crippen molar-refractivity contribution >= 4 is 23.1 Å². The molecule has 1 heterocycles. The van der Waals surface area contributed by atoms with Crippen LogP contribution in [-0.2, 0) is 11.3 Å². The molecule has 0 atom stereocenters. The Morgan fingerprint density at radius 3 is 2.83 bits per heavy atom. The smallest absolute Gasteiger partial charge is 0.253 e. The minimum absolute atomic E-state index is 0.0278. The number of aromatic nitrogens is 2. The monoisotopic (exact) mass is 268 g/mol. The molecule has 0 aliphatic heterocycles. The Kier molecular flexibility index (Phi) is 4.96. The average Bonchev–Trinajstić information content (AvgIpc) is 2.29. The van der Waals surface area contributed by atoms with Gasteiger partial charge in [0.2, 0.25) is 5.91 Å². The van der Waals surface area contributed by atoms with Gasteiger partial charge >= 0.3 is 0 Å². The maximum Gasteiger partial charge on any atom is 0.253 e. The molecule has 18 heavy (non-hydrogen) atoms. The van der Waals surface area contributed by atoms with Gasteiger partial charge in [0.25, 0.3) is 5.56 Å². The number of rotatable bonds is 5. The summed E-state index contributed by atoms with van der Waals surface area (Å²) in [7, 11) is 1.65. The van der Waals surface area contributed by atoms with E-state index in [-0.39, 0.29) is 18.0 Å². The van der Waals surface area contributed by atoms with Crippen LogP contribution in [0.5, 0.6) is 0 Å². The summed E-state index contributed by atoms with van der Waals surface area (Å²) < 4.78 is 1.27. The highest BCUT2D eigenvalue weighted by atomic mass is 32.1. The summed E-state index contributed by atoms with van der Waals surface area (Å²) in [5.41, 5.74) is 5.76. The fourth-order valence-corrected chi connectivity index (χ4v) is 1.40. The largest absolute Gasteiger partial charge is 0.393 e. The van der Waals surface area contributed by atoms with Crippen LogP contribution in [0.15, 0.2) is 17.2 Å². The van der Waals surface area contributed by atoms with Gasteiger partial charge in [-0.25, -0.2) is 4.98 Å². The van der Waals surface area contributed by atoms with E-state index in [1.54, 1.807) is 14.0 Å².